The average Bonchev–Trinajstić information content (AvgIpc) is 3.04. The predicted octanol–water partition coefficient (Wildman–Crippen LogP) is 4.28. The Kier molecular flexibility index (Phi) is 4.95. The predicted molar refractivity (Wildman–Crippen MR) is 104 cm³/mol. The molecule has 0 spiro atoms. The quantitative estimate of drug-likeness (QED) is 0.664. The van der Waals surface area contributed by atoms with E-state index in [1.54, 1.807) is 7.11 Å². The Morgan fingerprint density at radius 2 is 1.93 bits per heavy atom. The van der Waals surface area contributed by atoms with Gasteiger partial charge in [0.15, 0.2) is 5.13 Å². The molecular formula is C19H16F3N3O3S. The summed E-state index contributed by atoms with van der Waals surface area (Å²) in [6, 6.07) is 10.8. The summed E-state index contributed by atoms with van der Waals surface area (Å²) in [6.07, 6.45) is -4.75. The van der Waals surface area contributed by atoms with Crippen LogP contribution in [0.2, 0.25) is 0 Å². The van der Waals surface area contributed by atoms with E-state index in [9.17, 15) is 18.0 Å². The zero-order valence-corrected chi connectivity index (χ0v) is 16.0. The van der Waals surface area contributed by atoms with E-state index in [1.807, 2.05) is 23.1 Å². The number of anilines is 2. The number of carbonyl (C=O) groups is 1. The van der Waals surface area contributed by atoms with Crippen molar-refractivity contribution in [1.82, 2.24) is 4.98 Å². The second-order valence-corrected chi connectivity index (χ2v) is 7.48. The molecule has 4 rings (SSSR count). The fourth-order valence-electron chi connectivity index (χ4n) is 3.00. The number of hydrogen-bond donors (Lipinski definition) is 1. The topological polar surface area (TPSA) is 63.7 Å². The second-order valence-electron chi connectivity index (χ2n) is 6.47. The molecule has 1 N–H and O–H groups in total. The van der Waals surface area contributed by atoms with Gasteiger partial charge in [-0.1, -0.05) is 17.4 Å². The van der Waals surface area contributed by atoms with Crippen LogP contribution < -0.4 is 19.7 Å². The van der Waals surface area contributed by atoms with Crippen molar-refractivity contribution < 1.29 is 27.4 Å². The Balaban J connectivity index is 1.34. The number of thiazole rings is 1. The molecule has 0 aliphatic carbocycles. The normalized spacial score (nSPS) is 14.6. The summed E-state index contributed by atoms with van der Waals surface area (Å²) in [5.41, 5.74) is 1.21. The number of ether oxygens (including phenoxy) is 2. The monoisotopic (exact) mass is 423 g/mol. The summed E-state index contributed by atoms with van der Waals surface area (Å²) in [6.45, 7) is 1.03. The van der Waals surface area contributed by atoms with Gasteiger partial charge in [0.2, 0.25) is 5.91 Å². The van der Waals surface area contributed by atoms with E-state index in [2.05, 4.69) is 15.0 Å². The van der Waals surface area contributed by atoms with Crippen molar-refractivity contribution in [2.45, 2.75) is 6.36 Å². The number of alkyl halides is 3. The number of benzene rings is 2. The summed E-state index contributed by atoms with van der Waals surface area (Å²) in [4.78, 5) is 19.0. The number of para-hydroxylation sites is 1. The van der Waals surface area contributed by atoms with Gasteiger partial charge in [-0.15, -0.1) is 13.2 Å². The molecule has 3 aromatic rings. The molecule has 0 atom stereocenters. The van der Waals surface area contributed by atoms with Crippen molar-refractivity contribution in [2.24, 2.45) is 5.92 Å². The molecule has 0 radical (unpaired) electrons. The number of aromatic nitrogens is 1. The van der Waals surface area contributed by atoms with Gasteiger partial charge in [-0.3, -0.25) is 4.79 Å². The standard InChI is InChI=1S/C19H16F3N3O3S/c1-27-14-3-2-4-15-16(14)24-18(29-15)25-9-11(10-25)17(26)23-12-5-7-13(8-6-12)28-19(20,21)22/h2-8,11H,9-10H2,1H3,(H,23,26). The lowest BCUT2D eigenvalue weighted by Gasteiger charge is -2.37. The number of rotatable bonds is 5. The molecule has 0 saturated carbocycles. The lowest BCUT2D eigenvalue weighted by molar-refractivity contribution is -0.274. The molecule has 152 valence electrons. The zero-order chi connectivity index (χ0) is 20.6. The maximum absolute atomic E-state index is 12.4. The van der Waals surface area contributed by atoms with Crippen molar-refractivity contribution >= 4 is 38.3 Å². The fraction of sp³-hybridized carbons (Fsp3) is 0.263. The molecule has 1 saturated heterocycles. The smallest absolute Gasteiger partial charge is 0.494 e. The first-order valence-corrected chi connectivity index (χ1v) is 9.49. The summed E-state index contributed by atoms with van der Waals surface area (Å²) in [5.74, 6) is -0.0474. The number of methoxy groups -OCH3 is 1. The SMILES string of the molecule is COc1cccc2sc(N3CC(C(=O)Nc4ccc(OC(F)(F)F)cc4)C3)nc12. The van der Waals surface area contributed by atoms with Crippen molar-refractivity contribution in [1.29, 1.82) is 0 Å². The van der Waals surface area contributed by atoms with Crippen LogP contribution in [0.1, 0.15) is 0 Å². The van der Waals surface area contributed by atoms with E-state index in [0.29, 0.717) is 24.5 Å². The minimum Gasteiger partial charge on any atom is -0.494 e. The van der Waals surface area contributed by atoms with Crippen LogP contribution in [0.3, 0.4) is 0 Å². The van der Waals surface area contributed by atoms with Crippen LogP contribution in [0.5, 0.6) is 11.5 Å². The fourth-order valence-corrected chi connectivity index (χ4v) is 4.00. The molecule has 1 aliphatic rings. The first-order chi connectivity index (χ1) is 13.8. The molecule has 1 amide bonds. The Hall–Kier alpha value is -3.01. The molecule has 2 heterocycles. The van der Waals surface area contributed by atoms with Crippen LogP contribution in [0, 0.1) is 5.92 Å². The molecule has 10 heteroatoms. The highest BCUT2D eigenvalue weighted by atomic mass is 32.1. The number of hydrogen-bond acceptors (Lipinski definition) is 6. The highest BCUT2D eigenvalue weighted by molar-refractivity contribution is 7.22. The van der Waals surface area contributed by atoms with Gasteiger partial charge in [0, 0.05) is 18.8 Å². The van der Waals surface area contributed by atoms with Crippen LogP contribution in [0.4, 0.5) is 24.0 Å². The van der Waals surface area contributed by atoms with Crippen LogP contribution in [-0.2, 0) is 4.79 Å². The molecule has 1 aromatic heterocycles. The minimum absolute atomic E-state index is 0.190. The van der Waals surface area contributed by atoms with Gasteiger partial charge in [0.1, 0.15) is 17.0 Å². The van der Waals surface area contributed by atoms with Crippen LogP contribution in [-0.4, -0.2) is 37.5 Å². The molecule has 0 unspecified atom stereocenters. The lowest BCUT2D eigenvalue weighted by Crippen LogP contribution is -2.52. The van der Waals surface area contributed by atoms with Gasteiger partial charge in [-0.2, -0.15) is 0 Å². The van der Waals surface area contributed by atoms with Crippen molar-refractivity contribution in [3.05, 3.63) is 42.5 Å². The van der Waals surface area contributed by atoms with Gasteiger partial charge in [-0.05, 0) is 36.4 Å². The summed E-state index contributed by atoms with van der Waals surface area (Å²) in [7, 11) is 1.60. The Morgan fingerprint density at radius 3 is 2.59 bits per heavy atom. The summed E-state index contributed by atoms with van der Waals surface area (Å²) >= 11 is 1.53. The van der Waals surface area contributed by atoms with Crippen molar-refractivity contribution in [2.75, 3.05) is 30.4 Å². The van der Waals surface area contributed by atoms with Crippen molar-refractivity contribution in [3.63, 3.8) is 0 Å². The number of fused-ring (bicyclic) bond motifs is 1. The first kappa shape index (κ1) is 19.3. The first-order valence-electron chi connectivity index (χ1n) is 8.67. The van der Waals surface area contributed by atoms with Crippen LogP contribution in [0.15, 0.2) is 42.5 Å². The number of halogens is 3. The number of nitrogens with one attached hydrogen (secondary N) is 1. The average molecular weight is 423 g/mol. The third-order valence-corrected chi connectivity index (χ3v) is 5.55. The van der Waals surface area contributed by atoms with Crippen molar-refractivity contribution in [3.8, 4) is 11.5 Å². The lowest BCUT2D eigenvalue weighted by atomic mass is 10.00. The van der Waals surface area contributed by atoms with Gasteiger partial charge in [0.25, 0.3) is 0 Å². The molecule has 6 nitrogen and oxygen atoms in total. The maximum Gasteiger partial charge on any atom is 0.573 e. The van der Waals surface area contributed by atoms with Gasteiger partial charge < -0.3 is 19.7 Å². The molecular weight excluding hydrogens is 407 g/mol. The number of amides is 1. The van der Waals surface area contributed by atoms with E-state index >= 15 is 0 Å². The second kappa shape index (κ2) is 7.43. The molecule has 2 aromatic carbocycles. The Bertz CT molecular complexity index is 1030. The number of carbonyl (C=O) groups excluding carboxylic acids is 1. The van der Waals surface area contributed by atoms with E-state index < -0.39 is 6.36 Å². The Morgan fingerprint density at radius 1 is 1.21 bits per heavy atom. The summed E-state index contributed by atoms with van der Waals surface area (Å²) < 4.78 is 46.7. The molecule has 29 heavy (non-hydrogen) atoms. The largest absolute Gasteiger partial charge is 0.573 e. The number of nitrogens with zero attached hydrogens (tertiary/aromatic N) is 2. The van der Waals surface area contributed by atoms with Gasteiger partial charge in [0.05, 0.1) is 17.7 Å². The maximum atomic E-state index is 12.4. The highest BCUT2D eigenvalue weighted by Crippen LogP contribution is 2.36. The van der Waals surface area contributed by atoms with Gasteiger partial charge in [-0.25, -0.2) is 4.98 Å². The van der Waals surface area contributed by atoms with E-state index in [4.69, 9.17) is 4.74 Å². The summed E-state index contributed by atoms with van der Waals surface area (Å²) in [5, 5.41) is 3.53. The van der Waals surface area contributed by atoms with E-state index in [0.717, 1.165) is 27.5 Å². The van der Waals surface area contributed by atoms with Gasteiger partial charge >= 0.3 is 6.36 Å². The third-order valence-electron chi connectivity index (χ3n) is 4.47. The minimum atomic E-state index is -4.75. The van der Waals surface area contributed by atoms with Crippen LogP contribution in [0.25, 0.3) is 10.2 Å². The molecule has 0 bridgehead atoms. The highest BCUT2D eigenvalue weighted by Gasteiger charge is 2.35. The molecule has 1 fully saturated rings. The van der Waals surface area contributed by atoms with E-state index in [1.165, 1.54) is 23.5 Å². The van der Waals surface area contributed by atoms with E-state index in [-0.39, 0.29) is 17.6 Å². The third kappa shape index (κ3) is 4.21. The zero-order valence-electron chi connectivity index (χ0n) is 15.2. The van der Waals surface area contributed by atoms with Crippen LogP contribution >= 0.6 is 11.3 Å². The molecule has 1 aliphatic heterocycles. The Labute approximate surface area is 167 Å².